The van der Waals surface area contributed by atoms with Gasteiger partial charge in [0, 0.05) is 6.07 Å². The number of nitrogens with zero attached hydrogens (tertiary/aromatic N) is 1. The van der Waals surface area contributed by atoms with E-state index in [0.29, 0.717) is 16.1 Å². The molecule has 0 aliphatic rings. The minimum absolute atomic E-state index is 0.0318. The first kappa shape index (κ1) is 12.3. The van der Waals surface area contributed by atoms with Crippen LogP contribution < -0.4 is 0 Å². The van der Waals surface area contributed by atoms with Crippen molar-refractivity contribution in [2.45, 2.75) is 0 Å². The minimum Gasteiger partial charge on any atom is -0.330 e. The number of hydrogen-bond donors (Lipinski definition) is 1. The molecule has 1 N–H and O–H groups in total. The van der Waals surface area contributed by atoms with Crippen LogP contribution in [0.25, 0.3) is 16.7 Å². The highest BCUT2D eigenvalue weighted by Crippen LogP contribution is 2.27. The number of aromatic nitrogens is 2. The zero-order valence-electron chi connectivity index (χ0n) is 9.45. The van der Waals surface area contributed by atoms with Crippen molar-refractivity contribution in [2.24, 2.45) is 0 Å². The van der Waals surface area contributed by atoms with Crippen LogP contribution in [0.2, 0.25) is 5.02 Å². The van der Waals surface area contributed by atoms with Crippen molar-refractivity contribution in [1.29, 1.82) is 0 Å². The molecule has 6 heteroatoms. The van der Waals surface area contributed by atoms with Gasteiger partial charge in [-0.05, 0) is 36.5 Å². The van der Waals surface area contributed by atoms with Crippen molar-refractivity contribution in [3.8, 4) is 5.69 Å². The normalized spacial score (nSPS) is 11.1. The highest BCUT2D eigenvalue weighted by Gasteiger charge is 2.13. The second-order valence-electron chi connectivity index (χ2n) is 4.00. The maximum Gasteiger partial charge on any atom is 0.182 e. The average molecular weight is 297 g/mol. The molecule has 0 saturated heterocycles. The third-order valence-corrected chi connectivity index (χ3v) is 3.39. The van der Waals surface area contributed by atoms with Gasteiger partial charge in [-0.1, -0.05) is 17.7 Å². The van der Waals surface area contributed by atoms with Gasteiger partial charge >= 0.3 is 0 Å². The number of halogens is 3. The van der Waals surface area contributed by atoms with E-state index in [4.69, 9.17) is 23.8 Å². The molecule has 19 heavy (non-hydrogen) atoms. The van der Waals surface area contributed by atoms with Gasteiger partial charge in [0.25, 0.3) is 0 Å². The SMILES string of the molecule is Fc1ccc(F)c(-n2c(=S)[nH]c3cccc(Cl)c32)c1. The Labute approximate surface area is 117 Å². The van der Waals surface area contributed by atoms with Gasteiger partial charge in [-0.3, -0.25) is 4.57 Å². The maximum atomic E-state index is 13.9. The van der Waals surface area contributed by atoms with E-state index < -0.39 is 11.6 Å². The summed E-state index contributed by atoms with van der Waals surface area (Å²) in [7, 11) is 0. The van der Waals surface area contributed by atoms with Crippen molar-refractivity contribution in [3.05, 3.63) is 57.8 Å². The molecule has 3 aromatic rings. The third kappa shape index (κ3) is 1.95. The standard InChI is InChI=1S/C13H7ClF2N2S/c14-8-2-1-3-10-12(8)18(13(19)17-10)11-6-7(15)4-5-9(11)16/h1-6H,(H,17,19). The van der Waals surface area contributed by atoms with Crippen LogP contribution in [0.5, 0.6) is 0 Å². The second kappa shape index (κ2) is 4.43. The summed E-state index contributed by atoms with van der Waals surface area (Å²) in [4.78, 5) is 2.92. The van der Waals surface area contributed by atoms with Gasteiger partial charge in [0.15, 0.2) is 4.77 Å². The van der Waals surface area contributed by atoms with Gasteiger partial charge in [0.05, 0.1) is 21.7 Å². The summed E-state index contributed by atoms with van der Waals surface area (Å²) in [6.07, 6.45) is 0. The molecular weight excluding hydrogens is 290 g/mol. The molecule has 0 aliphatic carbocycles. The molecule has 0 unspecified atom stereocenters. The molecular formula is C13H7ClF2N2S. The zero-order chi connectivity index (χ0) is 13.6. The first-order chi connectivity index (χ1) is 9.08. The predicted molar refractivity (Wildman–Crippen MR) is 73.4 cm³/mol. The lowest BCUT2D eigenvalue weighted by Crippen LogP contribution is -1.99. The van der Waals surface area contributed by atoms with Crippen molar-refractivity contribution in [1.82, 2.24) is 9.55 Å². The lowest BCUT2D eigenvalue weighted by atomic mass is 10.2. The van der Waals surface area contributed by atoms with Gasteiger partial charge in [-0.2, -0.15) is 0 Å². The smallest absolute Gasteiger partial charge is 0.182 e. The summed E-state index contributed by atoms with van der Waals surface area (Å²) < 4.78 is 28.8. The number of hydrogen-bond acceptors (Lipinski definition) is 1. The maximum absolute atomic E-state index is 13.9. The fourth-order valence-corrected chi connectivity index (χ4v) is 2.56. The molecule has 0 amide bonds. The molecule has 2 aromatic carbocycles. The van der Waals surface area contributed by atoms with Crippen LogP contribution in [0.1, 0.15) is 0 Å². The molecule has 2 nitrogen and oxygen atoms in total. The van der Waals surface area contributed by atoms with E-state index in [9.17, 15) is 8.78 Å². The fraction of sp³-hybridized carbons (Fsp3) is 0. The molecule has 0 fully saturated rings. The highest BCUT2D eigenvalue weighted by molar-refractivity contribution is 7.71. The number of H-pyrrole nitrogens is 1. The van der Waals surface area contributed by atoms with E-state index in [1.807, 2.05) is 0 Å². The Bertz CT molecular complexity index is 838. The fourth-order valence-electron chi connectivity index (χ4n) is 2.00. The number of para-hydroxylation sites is 1. The van der Waals surface area contributed by atoms with E-state index in [2.05, 4.69) is 4.98 Å². The molecule has 0 saturated carbocycles. The van der Waals surface area contributed by atoms with Crippen LogP contribution in [0.15, 0.2) is 36.4 Å². The van der Waals surface area contributed by atoms with Gasteiger partial charge in [0.1, 0.15) is 11.6 Å². The van der Waals surface area contributed by atoms with E-state index in [1.165, 1.54) is 4.57 Å². The number of imidazole rings is 1. The van der Waals surface area contributed by atoms with E-state index >= 15 is 0 Å². The summed E-state index contributed by atoms with van der Waals surface area (Å²) in [6.45, 7) is 0. The van der Waals surface area contributed by atoms with Crippen molar-refractivity contribution >= 4 is 34.9 Å². The molecule has 0 bridgehead atoms. The van der Waals surface area contributed by atoms with Crippen LogP contribution in [0, 0.1) is 16.4 Å². The Kier molecular flexibility index (Phi) is 2.88. The van der Waals surface area contributed by atoms with Crippen LogP contribution in [-0.4, -0.2) is 9.55 Å². The second-order valence-corrected chi connectivity index (χ2v) is 4.79. The summed E-state index contributed by atoms with van der Waals surface area (Å²) >= 11 is 11.3. The summed E-state index contributed by atoms with van der Waals surface area (Å²) in [5.41, 5.74) is 1.23. The van der Waals surface area contributed by atoms with Crippen molar-refractivity contribution in [2.75, 3.05) is 0 Å². The Morgan fingerprint density at radius 1 is 1.16 bits per heavy atom. The molecule has 0 radical (unpaired) electrons. The summed E-state index contributed by atoms with van der Waals surface area (Å²) in [5, 5.41) is 0.411. The molecule has 1 heterocycles. The van der Waals surface area contributed by atoms with Crippen molar-refractivity contribution < 1.29 is 8.78 Å². The number of rotatable bonds is 1. The largest absolute Gasteiger partial charge is 0.330 e. The Morgan fingerprint density at radius 3 is 2.74 bits per heavy atom. The quantitative estimate of drug-likeness (QED) is 0.650. The molecule has 1 aromatic heterocycles. The van der Waals surface area contributed by atoms with Crippen LogP contribution in [-0.2, 0) is 0 Å². The lowest BCUT2D eigenvalue weighted by Gasteiger charge is -2.07. The number of aromatic amines is 1. The average Bonchev–Trinajstić information content (AvgIpc) is 2.70. The van der Waals surface area contributed by atoms with Crippen LogP contribution in [0.4, 0.5) is 8.78 Å². The molecule has 0 spiro atoms. The Balaban J connectivity index is 2.46. The Hall–Kier alpha value is -1.72. The zero-order valence-corrected chi connectivity index (χ0v) is 11.0. The minimum atomic E-state index is -0.571. The van der Waals surface area contributed by atoms with E-state index in [0.717, 1.165) is 18.2 Å². The topological polar surface area (TPSA) is 20.7 Å². The van der Waals surface area contributed by atoms with Crippen LogP contribution in [0.3, 0.4) is 0 Å². The number of nitrogens with one attached hydrogen (secondary N) is 1. The number of benzene rings is 2. The third-order valence-electron chi connectivity index (χ3n) is 2.80. The van der Waals surface area contributed by atoms with Crippen LogP contribution >= 0.6 is 23.8 Å². The first-order valence-corrected chi connectivity index (χ1v) is 6.21. The summed E-state index contributed by atoms with van der Waals surface area (Å²) in [6, 6.07) is 8.38. The van der Waals surface area contributed by atoms with E-state index in [-0.39, 0.29) is 10.5 Å². The summed E-state index contributed by atoms with van der Waals surface area (Å²) in [5.74, 6) is -1.11. The van der Waals surface area contributed by atoms with E-state index in [1.54, 1.807) is 18.2 Å². The van der Waals surface area contributed by atoms with Gasteiger partial charge in [0.2, 0.25) is 0 Å². The van der Waals surface area contributed by atoms with Gasteiger partial charge in [-0.15, -0.1) is 0 Å². The predicted octanol–water partition coefficient (Wildman–Crippen LogP) is 4.62. The molecule has 96 valence electrons. The molecule has 0 atom stereocenters. The molecule has 3 rings (SSSR count). The van der Waals surface area contributed by atoms with Gasteiger partial charge < -0.3 is 4.98 Å². The Morgan fingerprint density at radius 2 is 1.95 bits per heavy atom. The lowest BCUT2D eigenvalue weighted by molar-refractivity contribution is 0.593. The number of fused-ring (bicyclic) bond motifs is 1. The monoisotopic (exact) mass is 296 g/mol. The van der Waals surface area contributed by atoms with Gasteiger partial charge in [-0.25, -0.2) is 8.78 Å². The first-order valence-electron chi connectivity index (χ1n) is 5.42. The molecule has 0 aliphatic heterocycles. The highest BCUT2D eigenvalue weighted by atomic mass is 35.5. The van der Waals surface area contributed by atoms with Crippen molar-refractivity contribution in [3.63, 3.8) is 0 Å².